The minimum atomic E-state index is -4.99. The topological polar surface area (TPSA) is 124 Å². The molecule has 1 atom stereocenters. The van der Waals surface area contributed by atoms with Gasteiger partial charge in [-0.25, -0.2) is 0 Å². The van der Waals surface area contributed by atoms with Crippen LogP contribution in [0.25, 0.3) is 33.3 Å². The number of nitrogens with zero attached hydrogens (tertiary/aromatic N) is 5. The van der Waals surface area contributed by atoms with Crippen LogP contribution in [-0.2, 0) is 14.1 Å². The molecule has 0 radical (unpaired) electrons. The van der Waals surface area contributed by atoms with Gasteiger partial charge in [-0.05, 0) is 36.8 Å². The molecule has 0 aliphatic carbocycles. The SMILES string of the molecule is COc1cc(-c2c3c(OCC[C@H](C)O)cc(-c4cnn(C)c4)cc3nn2C)cc(OC(F)F)c1C(=O)N1CC(O)(C(F)(F)F)C1. The smallest absolute Gasteiger partial charge is 0.420 e. The van der Waals surface area contributed by atoms with Crippen LogP contribution < -0.4 is 14.2 Å². The second-order valence-electron chi connectivity index (χ2n) is 10.9. The number of aryl methyl sites for hydroxylation is 2. The number of methoxy groups -OCH3 is 1. The van der Waals surface area contributed by atoms with E-state index in [1.807, 2.05) is 0 Å². The van der Waals surface area contributed by atoms with Crippen LogP contribution in [-0.4, -0.2) is 91.9 Å². The number of carbonyl (C=O) groups is 1. The van der Waals surface area contributed by atoms with Crippen molar-refractivity contribution in [1.82, 2.24) is 24.5 Å². The summed E-state index contributed by atoms with van der Waals surface area (Å²) < 4.78 is 86.1. The molecule has 1 aliphatic rings. The normalized spacial score (nSPS) is 15.3. The van der Waals surface area contributed by atoms with Gasteiger partial charge in [-0.1, -0.05) is 0 Å². The number of fused-ring (bicyclic) bond motifs is 1. The lowest BCUT2D eigenvalue weighted by molar-refractivity contribution is -0.294. The molecule has 1 fully saturated rings. The number of hydrogen-bond acceptors (Lipinski definition) is 8. The Balaban J connectivity index is 1.64. The maximum Gasteiger partial charge on any atom is 0.420 e. The van der Waals surface area contributed by atoms with E-state index in [-0.39, 0.29) is 17.9 Å². The van der Waals surface area contributed by atoms with E-state index in [0.717, 1.165) is 24.3 Å². The van der Waals surface area contributed by atoms with E-state index in [0.29, 0.717) is 33.7 Å². The zero-order chi connectivity index (χ0) is 32.8. The summed E-state index contributed by atoms with van der Waals surface area (Å²) in [5.74, 6) is -1.64. The summed E-state index contributed by atoms with van der Waals surface area (Å²) in [6.07, 6.45) is -1.87. The average Bonchev–Trinajstić information content (AvgIpc) is 3.51. The van der Waals surface area contributed by atoms with Crippen molar-refractivity contribution in [3.8, 4) is 39.6 Å². The molecule has 4 aromatic rings. The van der Waals surface area contributed by atoms with Crippen LogP contribution in [0.1, 0.15) is 23.7 Å². The van der Waals surface area contributed by atoms with Gasteiger partial charge in [0.1, 0.15) is 22.8 Å². The van der Waals surface area contributed by atoms with Crippen molar-refractivity contribution in [3.63, 3.8) is 0 Å². The summed E-state index contributed by atoms with van der Waals surface area (Å²) in [6, 6.07) is 6.04. The summed E-state index contributed by atoms with van der Waals surface area (Å²) in [4.78, 5) is 13.9. The van der Waals surface area contributed by atoms with E-state index >= 15 is 0 Å². The fourth-order valence-electron chi connectivity index (χ4n) is 5.17. The zero-order valence-electron chi connectivity index (χ0n) is 24.6. The number of halogens is 5. The summed E-state index contributed by atoms with van der Waals surface area (Å²) in [6.45, 7) is -3.83. The Bertz CT molecular complexity index is 1730. The van der Waals surface area contributed by atoms with Gasteiger partial charge in [0, 0.05) is 37.8 Å². The Morgan fingerprint density at radius 3 is 2.31 bits per heavy atom. The molecule has 0 unspecified atom stereocenters. The molecule has 1 amide bonds. The first-order valence-electron chi connectivity index (χ1n) is 13.7. The number of likely N-dealkylation sites (tertiary alicyclic amines) is 1. The van der Waals surface area contributed by atoms with Gasteiger partial charge in [0.05, 0.1) is 55.7 Å². The number of amides is 1. The lowest BCUT2D eigenvalue weighted by Crippen LogP contribution is -2.70. The number of hydrogen-bond donors (Lipinski definition) is 2. The molecule has 0 saturated carbocycles. The molecular formula is C29H30F5N5O6. The highest BCUT2D eigenvalue weighted by molar-refractivity contribution is 6.04. The Labute approximate surface area is 253 Å². The van der Waals surface area contributed by atoms with Gasteiger partial charge in [0.15, 0.2) is 5.60 Å². The predicted octanol–water partition coefficient (Wildman–Crippen LogP) is 4.15. The number of β-amino-alcohol motifs (C(OH)–C–C–N with tert-alkyl or cyclic N) is 1. The number of rotatable bonds is 10. The number of benzene rings is 2. The largest absolute Gasteiger partial charge is 0.496 e. The van der Waals surface area contributed by atoms with E-state index in [1.165, 1.54) is 10.7 Å². The Hall–Kier alpha value is -4.44. The van der Waals surface area contributed by atoms with Gasteiger partial charge in [0.25, 0.3) is 5.91 Å². The maximum absolute atomic E-state index is 13.6. The van der Waals surface area contributed by atoms with Crippen molar-refractivity contribution in [2.45, 2.75) is 37.8 Å². The van der Waals surface area contributed by atoms with E-state index in [1.54, 1.807) is 50.2 Å². The minimum absolute atomic E-state index is 0.133. The van der Waals surface area contributed by atoms with Crippen molar-refractivity contribution < 1.29 is 51.2 Å². The summed E-state index contributed by atoms with van der Waals surface area (Å²) in [5, 5.41) is 28.9. The number of aliphatic hydroxyl groups is 2. The monoisotopic (exact) mass is 639 g/mol. The maximum atomic E-state index is 13.6. The average molecular weight is 640 g/mol. The highest BCUT2D eigenvalue weighted by atomic mass is 19.4. The fraction of sp³-hybridized carbons (Fsp3) is 0.414. The first kappa shape index (κ1) is 32.0. The van der Waals surface area contributed by atoms with Gasteiger partial charge in [-0.3, -0.25) is 14.2 Å². The first-order chi connectivity index (χ1) is 21.1. The zero-order valence-corrected chi connectivity index (χ0v) is 24.6. The molecule has 2 N–H and O–H groups in total. The van der Waals surface area contributed by atoms with Crippen LogP contribution in [0.4, 0.5) is 22.0 Å². The van der Waals surface area contributed by atoms with Gasteiger partial charge in [0.2, 0.25) is 0 Å². The molecule has 0 bridgehead atoms. The number of ether oxygens (including phenoxy) is 3. The molecule has 11 nitrogen and oxygen atoms in total. The predicted molar refractivity (Wildman–Crippen MR) is 150 cm³/mol. The van der Waals surface area contributed by atoms with Crippen molar-refractivity contribution in [3.05, 3.63) is 42.2 Å². The quantitative estimate of drug-likeness (QED) is 0.248. The number of carbonyl (C=O) groups excluding carboxylic acids is 1. The van der Waals surface area contributed by atoms with Crippen LogP contribution >= 0.6 is 0 Å². The highest BCUT2D eigenvalue weighted by Gasteiger charge is 2.62. The second kappa shape index (κ2) is 11.8. The third-order valence-corrected chi connectivity index (χ3v) is 7.44. The van der Waals surface area contributed by atoms with E-state index in [4.69, 9.17) is 14.2 Å². The Morgan fingerprint density at radius 2 is 1.73 bits per heavy atom. The summed E-state index contributed by atoms with van der Waals surface area (Å²) in [7, 11) is 4.53. The van der Waals surface area contributed by atoms with Crippen LogP contribution in [0.2, 0.25) is 0 Å². The summed E-state index contributed by atoms with van der Waals surface area (Å²) in [5.41, 5.74) is -1.12. The molecule has 242 valence electrons. The third-order valence-electron chi connectivity index (χ3n) is 7.44. The highest BCUT2D eigenvalue weighted by Crippen LogP contribution is 2.44. The fourth-order valence-corrected chi connectivity index (χ4v) is 5.17. The van der Waals surface area contributed by atoms with Crippen LogP contribution in [0.5, 0.6) is 17.2 Å². The number of aliphatic hydroxyl groups excluding tert-OH is 1. The molecule has 5 rings (SSSR count). The molecule has 0 spiro atoms. The van der Waals surface area contributed by atoms with Gasteiger partial charge >= 0.3 is 12.8 Å². The van der Waals surface area contributed by atoms with Crippen LogP contribution in [0, 0.1) is 0 Å². The first-order valence-corrected chi connectivity index (χ1v) is 13.7. The van der Waals surface area contributed by atoms with Gasteiger partial charge < -0.3 is 29.3 Å². The van der Waals surface area contributed by atoms with Crippen molar-refractivity contribution in [1.29, 1.82) is 0 Å². The third kappa shape index (κ3) is 6.11. The van der Waals surface area contributed by atoms with Crippen LogP contribution in [0.15, 0.2) is 36.7 Å². The van der Waals surface area contributed by atoms with E-state index < -0.39 is 54.8 Å². The van der Waals surface area contributed by atoms with Crippen molar-refractivity contribution >= 4 is 16.8 Å². The van der Waals surface area contributed by atoms with E-state index in [9.17, 15) is 37.0 Å². The lowest BCUT2D eigenvalue weighted by Gasteiger charge is -2.47. The molecule has 2 aromatic heterocycles. The summed E-state index contributed by atoms with van der Waals surface area (Å²) >= 11 is 0. The lowest BCUT2D eigenvalue weighted by atomic mass is 9.92. The standard InChI is InChI=1S/C29H30F5N5O6/c1-15(40)5-6-44-21-8-16(18-11-35-37(2)12-18)7-19-23(21)25(38(3)36-19)17-9-20(43-4)24(22(10-17)45-27(30)31)26(41)39-13-28(42,14-39)29(32,33)34/h7-12,15,27,40,42H,5-6,13-14H2,1-4H3/t15-/m0/s1. The molecule has 2 aromatic carbocycles. The number of alkyl halides is 5. The minimum Gasteiger partial charge on any atom is -0.496 e. The van der Waals surface area contributed by atoms with Crippen molar-refractivity contribution in [2.24, 2.45) is 14.1 Å². The van der Waals surface area contributed by atoms with Gasteiger partial charge in [-0.2, -0.15) is 32.1 Å². The second-order valence-corrected chi connectivity index (χ2v) is 10.9. The van der Waals surface area contributed by atoms with Crippen molar-refractivity contribution in [2.75, 3.05) is 26.8 Å². The molecule has 1 saturated heterocycles. The van der Waals surface area contributed by atoms with E-state index in [2.05, 4.69) is 10.2 Å². The molecule has 45 heavy (non-hydrogen) atoms. The molecule has 3 heterocycles. The number of aromatic nitrogens is 4. The van der Waals surface area contributed by atoms with Gasteiger partial charge in [-0.15, -0.1) is 0 Å². The molecular weight excluding hydrogens is 609 g/mol. The van der Waals surface area contributed by atoms with Crippen LogP contribution in [0.3, 0.4) is 0 Å². The Kier molecular flexibility index (Phi) is 8.39. The molecule has 16 heteroatoms. The Morgan fingerprint density at radius 1 is 1.07 bits per heavy atom. The molecule has 1 aliphatic heterocycles.